The summed E-state index contributed by atoms with van der Waals surface area (Å²) in [5.41, 5.74) is 3.60. The van der Waals surface area contributed by atoms with Gasteiger partial charge in [0.2, 0.25) is 0 Å². The molecule has 1 heterocycles. The fourth-order valence-electron chi connectivity index (χ4n) is 1.23. The molecule has 0 saturated heterocycles. The van der Waals surface area contributed by atoms with Crippen molar-refractivity contribution in [1.29, 1.82) is 0 Å². The largest absolute Gasteiger partial charge is 0.278 e. The first-order chi connectivity index (χ1) is 6.81. The number of hydroxylamine groups is 1. The zero-order valence-electron chi connectivity index (χ0n) is 7.57. The van der Waals surface area contributed by atoms with E-state index in [1.54, 1.807) is 18.3 Å². The van der Waals surface area contributed by atoms with E-state index < -0.39 is 0 Å². The van der Waals surface area contributed by atoms with Crippen molar-refractivity contribution in [2.24, 2.45) is 0 Å². The Morgan fingerprint density at radius 1 is 1.57 bits per heavy atom. The number of carbonyl (C=O) groups excluding carboxylic acids is 1. The van der Waals surface area contributed by atoms with Crippen molar-refractivity contribution in [3.05, 3.63) is 30.0 Å². The minimum atomic E-state index is -0.274. The molecule has 1 aromatic carbocycles. The molecule has 5 heteroatoms. The summed E-state index contributed by atoms with van der Waals surface area (Å²) in [6.07, 6.45) is 1.70. The van der Waals surface area contributed by atoms with Crippen molar-refractivity contribution in [3.8, 4) is 0 Å². The van der Waals surface area contributed by atoms with E-state index in [0.29, 0.717) is 5.56 Å². The predicted octanol–water partition coefficient (Wildman–Crippen LogP) is 0.854. The molecule has 0 bridgehead atoms. The number of benzene rings is 1. The molecule has 5 nitrogen and oxygen atoms in total. The fraction of sp³-hybridized carbons (Fsp3) is 0.111. The maximum Gasteiger partial charge on any atom is 0.274 e. The molecule has 1 aromatic heterocycles. The number of nitrogens with one attached hydrogen (secondary N) is 2. The smallest absolute Gasteiger partial charge is 0.274 e. The highest BCUT2D eigenvalue weighted by molar-refractivity contribution is 5.97. The Labute approximate surface area is 80.0 Å². The van der Waals surface area contributed by atoms with E-state index in [1.165, 1.54) is 7.11 Å². The molecule has 2 rings (SSSR count). The molecule has 0 saturated carbocycles. The molecular formula is C9H9N3O2. The summed E-state index contributed by atoms with van der Waals surface area (Å²) in [6.45, 7) is 0. The fourth-order valence-corrected chi connectivity index (χ4v) is 1.23. The molecule has 0 unspecified atom stereocenters. The third-order valence-electron chi connectivity index (χ3n) is 1.90. The number of aromatic amines is 1. The molecular weight excluding hydrogens is 182 g/mol. The number of fused-ring (bicyclic) bond motifs is 1. The Hall–Kier alpha value is -1.88. The highest BCUT2D eigenvalue weighted by Crippen LogP contribution is 2.12. The van der Waals surface area contributed by atoms with E-state index in [4.69, 9.17) is 0 Å². The van der Waals surface area contributed by atoms with Crippen LogP contribution in [0.5, 0.6) is 0 Å². The normalized spacial score (nSPS) is 10.4. The van der Waals surface area contributed by atoms with Gasteiger partial charge in [-0.2, -0.15) is 5.10 Å². The van der Waals surface area contributed by atoms with Crippen LogP contribution in [-0.4, -0.2) is 23.2 Å². The zero-order chi connectivity index (χ0) is 9.97. The number of nitrogens with zero attached hydrogens (tertiary/aromatic N) is 1. The summed E-state index contributed by atoms with van der Waals surface area (Å²) < 4.78 is 0. The average Bonchev–Trinajstić information content (AvgIpc) is 2.64. The Morgan fingerprint density at radius 2 is 2.43 bits per heavy atom. The molecule has 0 aliphatic heterocycles. The van der Waals surface area contributed by atoms with Crippen molar-refractivity contribution in [2.75, 3.05) is 7.11 Å². The number of hydrogen-bond donors (Lipinski definition) is 2. The van der Waals surface area contributed by atoms with Crippen molar-refractivity contribution < 1.29 is 9.63 Å². The molecule has 0 spiro atoms. The van der Waals surface area contributed by atoms with Gasteiger partial charge in [-0.1, -0.05) is 6.07 Å². The first-order valence-corrected chi connectivity index (χ1v) is 4.08. The Kier molecular flexibility index (Phi) is 2.16. The summed E-state index contributed by atoms with van der Waals surface area (Å²) >= 11 is 0. The van der Waals surface area contributed by atoms with E-state index in [0.717, 1.165) is 10.9 Å². The molecule has 1 amide bonds. The lowest BCUT2D eigenvalue weighted by molar-refractivity contribution is 0.0538. The van der Waals surface area contributed by atoms with Crippen LogP contribution >= 0.6 is 0 Å². The second-order valence-electron chi connectivity index (χ2n) is 2.81. The van der Waals surface area contributed by atoms with Gasteiger partial charge in [-0.05, 0) is 12.1 Å². The van der Waals surface area contributed by atoms with Crippen LogP contribution in [0, 0.1) is 0 Å². The van der Waals surface area contributed by atoms with Gasteiger partial charge in [0.1, 0.15) is 0 Å². The van der Waals surface area contributed by atoms with Gasteiger partial charge in [0.05, 0.1) is 18.8 Å². The minimum Gasteiger partial charge on any atom is -0.278 e. The maximum absolute atomic E-state index is 11.3. The number of rotatable bonds is 2. The van der Waals surface area contributed by atoms with Gasteiger partial charge in [0.25, 0.3) is 5.91 Å². The lowest BCUT2D eigenvalue weighted by atomic mass is 10.1. The van der Waals surface area contributed by atoms with Gasteiger partial charge in [-0.3, -0.25) is 14.7 Å². The van der Waals surface area contributed by atoms with E-state index in [2.05, 4.69) is 20.5 Å². The third kappa shape index (κ3) is 1.45. The van der Waals surface area contributed by atoms with Crippen LogP contribution in [0.15, 0.2) is 24.4 Å². The van der Waals surface area contributed by atoms with Crippen LogP contribution in [0.2, 0.25) is 0 Å². The Balaban J connectivity index is 2.38. The van der Waals surface area contributed by atoms with E-state index in [-0.39, 0.29) is 5.91 Å². The van der Waals surface area contributed by atoms with Crippen LogP contribution in [0.1, 0.15) is 10.4 Å². The second-order valence-corrected chi connectivity index (χ2v) is 2.81. The highest BCUT2D eigenvalue weighted by atomic mass is 16.6. The summed E-state index contributed by atoms with van der Waals surface area (Å²) in [5.74, 6) is -0.274. The zero-order valence-corrected chi connectivity index (χ0v) is 7.57. The summed E-state index contributed by atoms with van der Waals surface area (Å²) in [5, 5.41) is 7.62. The predicted molar refractivity (Wildman–Crippen MR) is 50.6 cm³/mol. The standard InChI is InChI=1S/C9H9N3O2/c1-14-12-9(13)6-2-3-7-5-10-11-8(7)4-6/h2-5H,1H3,(H,10,11)(H,12,13). The van der Waals surface area contributed by atoms with Gasteiger partial charge < -0.3 is 0 Å². The number of hydrogen-bond acceptors (Lipinski definition) is 3. The van der Waals surface area contributed by atoms with Gasteiger partial charge in [-0.15, -0.1) is 0 Å². The molecule has 0 aliphatic carbocycles. The van der Waals surface area contributed by atoms with Gasteiger partial charge >= 0.3 is 0 Å². The number of carbonyl (C=O) groups is 1. The van der Waals surface area contributed by atoms with Gasteiger partial charge in [0.15, 0.2) is 0 Å². The number of aromatic nitrogens is 2. The van der Waals surface area contributed by atoms with E-state index in [9.17, 15) is 4.79 Å². The quantitative estimate of drug-likeness (QED) is 0.691. The number of amides is 1. The molecule has 0 fully saturated rings. The highest BCUT2D eigenvalue weighted by Gasteiger charge is 2.05. The van der Waals surface area contributed by atoms with Crippen molar-refractivity contribution in [3.63, 3.8) is 0 Å². The van der Waals surface area contributed by atoms with Crippen LogP contribution < -0.4 is 5.48 Å². The van der Waals surface area contributed by atoms with Crippen LogP contribution in [0.4, 0.5) is 0 Å². The summed E-state index contributed by atoms with van der Waals surface area (Å²) in [6, 6.07) is 5.26. The number of H-pyrrole nitrogens is 1. The SMILES string of the molecule is CONC(=O)c1ccc2cn[nH]c2c1. The minimum absolute atomic E-state index is 0.274. The van der Waals surface area contributed by atoms with E-state index in [1.807, 2.05) is 6.07 Å². The van der Waals surface area contributed by atoms with Crippen molar-refractivity contribution >= 4 is 16.8 Å². The topological polar surface area (TPSA) is 67.0 Å². The van der Waals surface area contributed by atoms with Crippen molar-refractivity contribution in [2.45, 2.75) is 0 Å². The monoisotopic (exact) mass is 191 g/mol. The van der Waals surface area contributed by atoms with Gasteiger partial charge in [-0.25, -0.2) is 5.48 Å². The van der Waals surface area contributed by atoms with Crippen molar-refractivity contribution in [1.82, 2.24) is 15.7 Å². The molecule has 0 aliphatic rings. The first kappa shape index (κ1) is 8.71. The van der Waals surface area contributed by atoms with Crippen LogP contribution in [0.3, 0.4) is 0 Å². The molecule has 72 valence electrons. The molecule has 0 radical (unpaired) electrons. The lowest BCUT2D eigenvalue weighted by Crippen LogP contribution is -2.21. The second kappa shape index (κ2) is 3.47. The van der Waals surface area contributed by atoms with Gasteiger partial charge in [0, 0.05) is 10.9 Å². The Bertz CT molecular complexity index is 464. The first-order valence-electron chi connectivity index (χ1n) is 4.08. The maximum atomic E-state index is 11.3. The van der Waals surface area contributed by atoms with Crippen LogP contribution in [0.25, 0.3) is 10.9 Å². The van der Waals surface area contributed by atoms with Crippen LogP contribution in [-0.2, 0) is 4.84 Å². The third-order valence-corrected chi connectivity index (χ3v) is 1.90. The lowest BCUT2D eigenvalue weighted by Gasteiger charge is -2.00. The molecule has 14 heavy (non-hydrogen) atoms. The molecule has 0 atom stereocenters. The van der Waals surface area contributed by atoms with E-state index >= 15 is 0 Å². The average molecular weight is 191 g/mol. The Morgan fingerprint density at radius 3 is 3.21 bits per heavy atom. The summed E-state index contributed by atoms with van der Waals surface area (Å²) in [4.78, 5) is 15.9. The summed E-state index contributed by atoms with van der Waals surface area (Å²) in [7, 11) is 1.40. The molecule has 2 aromatic rings. The molecule has 2 N–H and O–H groups in total.